The fourth-order valence-corrected chi connectivity index (χ4v) is 1.72. The van der Waals surface area contributed by atoms with Gasteiger partial charge in [0.05, 0.1) is 0 Å². The zero-order valence-electron chi connectivity index (χ0n) is 10.5. The van der Waals surface area contributed by atoms with Gasteiger partial charge in [0.25, 0.3) is 0 Å². The molecule has 0 saturated heterocycles. The molecule has 0 unspecified atom stereocenters. The molecule has 1 rings (SSSR count). The fraction of sp³-hybridized carbons (Fsp3) is 0.462. The van der Waals surface area contributed by atoms with Crippen LogP contribution in [-0.2, 0) is 6.54 Å². The van der Waals surface area contributed by atoms with E-state index in [1.165, 1.54) is 12.1 Å². The number of nitrogens with zero attached hydrogens (tertiary/aromatic N) is 1. The molecule has 0 heterocycles. The SMILES string of the molecule is CCCCN(C)Cc1cc(F)cc(C(=N)N)c1. The van der Waals surface area contributed by atoms with Crippen LogP contribution in [0.15, 0.2) is 18.2 Å². The molecule has 0 aliphatic carbocycles. The Morgan fingerprint density at radius 1 is 1.41 bits per heavy atom. The van der Waals surface area contributed by atoms with E-state index in [1.54, 1.807) is 6.07 Å². The Kier molecular flexibility index (Phi) is 5.10. The number of rotatable bonds is 6. The van der Waals surface area contributed by atoms with Gasteiger partial charge in [-0.15, -0.1) is 0 Å². The number of hydrogen-bond acceptors (Lipinski definition) is 2. The van der Waals surface area contributed by atoms with Crippen LogP contribution in [0.3, 0.4) is 0 Å². The standard InChI is InChI=1S/C13H20FN3/c1-3-4-5-17(2)9-10-6-11(13(15)16)8-12(14)7-10/h6-8H,3-5,9H2,1-2H3,(H3,15,16). The highest BCUT2D eigenvalue weighted by atomic mass is 19.1. The second kappa shape index (κ2) is 6.35. The maximum atomic E-state index is 13.3. The van der Waals surface area contributed by atoms with Crippen molar-refractivity contribution in [1.29, 1.82) is 5.41 Å². The first-order valence-electron chi connectivity index (χ1n) is 5.85. The maximum absolute atomic E-state index is 13.3. The molecule has 1 aromatic rings. The highest BCUT2D eigenvalue weighted by molar-refractivity contribution is 5.95. The molecule has 0 amide bonds. The molecular formula is C13H20FN3. The quantitative estimate of drug-likeness (QED) is 0.589. The van der Waals surface area contributed by atoms with E-state index >= 15 is 0 Å². The monoisotopic (exact) mass is 237 g/mol. The van der Waals surface area contributed by atoms with Gasteiger partial charge in [-0.1, -0.05) is 13.3 Å². The summed E-state index contributed by atoms with van der Waals surface area (Å²) in [6.07, 6.45) is 2.28. The van der Waals surface area contributed by atoms with Crippen LogP contribution < -0.4 is 5.73 Å². The summed E-state index contributed by atoms with van der Waals surface area (Å²) in [6.45, 7) is 3.81. The van der Waals surface area contributed by atoms with Crippen molar-refractivity contribution in [2.75, 3.05) is 13.6 Å². The predicted octanol–water partition coefficient (Wildman–Crippen LogP) is 2.34. The van der Waals surface area contributed by atoms with Crippen molar-refractivity contribution in [2.45, 2.75) is 26.3 Å². The number of nitrogen functional groups attached to an aromatic ring is 1. The van der Waals surface area contributed by atoms with E-state index < -0.39 is 0 Å². The lowest BCUT2D eigenvalue weighted by Gasteiger charge is -2.16. The Labute approximate surface area is 102 Å². The number of nitrogens with two attached hydrogens (primary N) is 1. The molecule has 0 saturated carbocycles. The van der Waals surface area contributed by atoms with Crippen molar-refractivity contribution in [3.8, 4) is 0 Å². The molecule has 0 aromatic heterocycles. The van der Waals surface area contributed by atoms with Crippen LogP contribution in [0.4, 0.5) is 4.39 Å². The zero-order chi connectivity index (χ0) is 12.8. The van der Waals surface area contributed by atoms with Gasteiger partial charge in [-0.25, -0.2) is 4.39 Å². The fourth-order valence-electron chi connectivity index (χ4n) is 1.72. The molecule has 4 heteroatoms. The first kappa shape index (κ1) is 13.6. The Balaban J connectivity index is 2.73. The molecule has 3 nitrogen and oxygen atoms in total. The second-order valence-corrected chi connectivity index (χ2v) is 4.35. The largest absolute Gasteiger partial charge is 0.384 e. The third-order valence-electron chi connectivity index (χ3n) is 2.61. The third-order valence-corrected chi connectivity index (χ3v) is 2.61. The molecular weight excluding hydrogens is 217 g/mol. The maximum Gasteiger partial charge on any atom is 0.124 e. The van der Waals surface area contributed by atoms with Crippen LogP contribution in [0.25, 0.3) is 0 Å². The van der Waals surface area contributed by atoms with Crippen molar-refractivity contribution in [3.05, 3.63) is 35.1 Å². The van der Waals surface area contributed by atoms with E-state index in [0.29, 0.717) is 12.1 Å². The van der Waals surface area contributed by atoms with E-state index in [4.69, 9.17) is 11.1 Å². The summed E-state index contributed by atoms with van der Waals surface area (Å²) in [7, 11) is 2.01. The van der Waals surface area contributed by atoms with Gasteiger partial charge in [0.1, 0.15) is 11.7 Å². The first-order chi connectivity index (χ1) is 8.02. The van der Waals surface area contributed by atoms with E-state index in [1.807, 2.05) is 7.05 Å². The molecule has 94 valence electrons. The van der Waals surface area contributed by atoms with Crippen LogP contribution in [0.5, 0.6) is 0 Å². The molecule has 0 aliphatic rings. The van der Waals surface area contributed by atoms with Gasteiger partial charge in [-0.3, -0.25) is 5.41 Å². The Morgan fingerprint density at radius 3 is 2.71 bits per heavy atom. The lowest BCUT2D eigenvalue weighted by molar-refractivity contribution is 0.320. The summed E-state index contributed by atoms with van der Waals surface area (Å²) in [5, 5.41) is 7.32. The lowest BCUT2D eigenvalue weighted by Crippen LogP contribution is -2.20. The topological polar surface area (TPSA) is 53.1 Å². The van der Waals surface area contributed by atoms with Crippen molar-refractivity contribution in [3.63, 3.8) is 0 Å². The molecule has 1 aromatic carbocycles. The van der Waals surface area contributed by atoms with Crippen LogP contribution in [0, 0.1) is 11.2 Å². The highest BCUT2D eigenvalue weighted by Crippen LogP contribution is 2.11. The van der Waals surface area contributed by atoms with Crippen molar-refractivity contribution >= 4 is 5.84 Å². The Bertz CT molecular complexity index is 390. The Morgan fingerprint density at radius 2 is 2.12 bits per heavy atom. The molecule has 0 bridgehead atoms. The number of halogens is 1. The molecule has 3 N–H and O–H groups in total. The van der Waals surface area contributed by atoms with Crippen LogP contribution in [-0.4, -0.2) is 24.3 Å². The van der Waals surface area contributed by atoms with Crippen molar-refractivity contribution in [1.82, 2.24) is 4.90 Å². The van der Waals surface area contributed by atoms with E-state index in [2.05, 4.69) is 11.8 Å². The second-order valence-electron chi connectivity index (χ2n) is 4.35. The van der Waals surface area contributed by atoms with E-state index in [0.717, 1.165) is 24.9 Å². The molecule has 0 fully saturated rings. The van der Waals surface area contributed by atoms with Crippen molar-refractivity contribution in [2.24, 2.45) is 5.73 Å². The summed E-state index contributed by atoms with van der Waals surface area (Å²) >= 11 is 0. The molecule has 0 spiro atoms. The minimum Gasteiger partial charge on any atom is -0.384 e. The summed E-state index contributed by atoms with van der Waals surface area (Å²) in [5.41, 5.74) is 6.67. The third kappa shape index (κ3) is 4.53. The summed E-state index contributed by atoms with van der Waals surface area (Å²) in [5.74, 6) is -0.432. The lowest BCUT2D eigenvalue weighted by atomic mass is 10.1. The minimum atomic E-state index is -0.336. The summed E-state index contributed by atoms with van der Waals surface area (Å²) < 4.78 is 13.3. The van der Waals surface area contributed by atoms with E-state index in [9.17, 15) is 4.39 Å². The van der Waals surface area contributed by atoms with Gasteiger partial charge in [-0.05, 0) is 43.8 Å². The number of amidine groups is 1. The van der Waals surface area contributed by atoms with Gasteiger partial charge in [-0.2, -0.15) is 0 Å². The smallest absolute Gasteiger partial charge is 0.124 e. The van der Waals surface area contributed by atoms with Gasteiger partial charge < -0.3 is 10.6 Å². The van der Waals surface area contributed by atoms with Gasteiger partial charge >= 0.3 is 0 Å². The predicted molar refractivity (Wildman–Crippen MR) is 68.7 cm³/mol. The van der Waals surface area contributed by atoms with Gasteiger partial charge in [0, 0.05) is 12.1 Å². The summed E-state index contributed by atoms with van der Waals surface area (Å²) in [6, 6.07) is 4.56. The molecule has 17 heavy (non-hydrogen) atoms. The van der Waals surface area contributed by atoms with E-state index in [-0.39, 0.29) is 11.7 Å². The van der Waals surface area contributed by atoms with Gasteiger partial charge in [0.15, 0.2) is 0 Å². The average molecular weight is 237 g/mol. The summed E-state index contributed by atoms with van der Waals surface area (Å²) in [4.78, 5) is 2.14. The van der Waals surface area contributed by atoms with Crippen molar-refractivity contribution < 1.29 is 4.39 Å². The van der Waals surface area contributed by atoms with Crippen LogP contribution in [0.2, 0.25) is 0 Å². The number of nitrogens with one attached hydrogen (secondary N) is 1. The zero-order valence-corrected chi connectivity index (χ0v) is 10.5. The average Bonchev–Trinajstić information content (AvgIpc) is 2.25. The molecule has 0 radical (unpaired) electrons. The number of unbranched alkanes of at least 4 members (excludes halogenated alkanes) is 1. The number of hydrogen-bond donors (Lipinski definition) is 2. The van der Waals surface area contributed by atoms with Crippen LogP contribution in [0.1, 0.15) is 30.9 Å². The normalized spacial score (nSPS) is 10.8. The molecule has 0 aliphatic heterocycles. The number of benzene rings is 1. The minimum absolute atomic E-state index is 0.0954. The molecule has 0 atom stereocenters. The van der Waals surface area contributed by atoms with Crippen LogP contribution >= 0.6 is 0 Å². The first-order valence-corrected chi connectivity index (χ1v) is 5.85. The highest BCUT2D eigenvalue weighted by Gasteiger charge is 2.05. The van der Waals surface area contributed by atoms with Gasteiger partial charge in [0.2, 0.25) is 0 Å². The Hall–Kier alpha value is -1.42.